The van der Waals surface area contributed by atoms with Gasteiger partial charge in [-0.15, -0.1) is 15.3 Å². The van der Waals surface area contributed by atoms with Gasteiger partial charge in [0.05, 0.1) is 5.69 Å². The number of nitrogens with one attached hydrogen (secondary N) is 2. The summed E-state index contributed by atoms with van der Waals surface area (Å²) in [4.78, 5) is 4.07. The summed E-state index contributed by atoms with van der Waals surface area (Å²) in [5, 5.41) is 20.5. The van der Waals surface area contributed by atoms with Crippen LogP contribution in [-0.2, 0) is 6.42 Å². The molecule has 0 saturated carbocycles. The molecule has 0 unspecified atom stereocenters. The average molecular weight is 368 g/mol. The SMILES string of the molecule is CCC(CC)Nc1cc(NCCc2ccncc2)c2nnc(C(C)C)n2n1. The minimum absolute atomic E-state index is 0.251. The summed E-state index contributed by atoms with van der Waals surface area (Å²) < 4.78 is 1.87. The van der Waals surface area contributed by atoms with Crippen molar-refractivity contribution in [1.29, 1.82) is 0 Å². The van der Waals surface area contributed by atoms with Crippen LogP contribution in [0.2, 0.25) is 0 Å². The van der Waals surface area contributed by atoms with Crippen molar-refractivity contribution in [2.45, 2.75) is 58.9 Å². The van der Waals surface area contributed by atoms with E-state index in [1.54, 1.807) is 0 Å². The predicted octanol–water partition coefficient (Wildman–Crippen LogP) is 3.90. The molecule has 144 valence electrons. The van der Waals surface area contributed by atoms with Gasteiger partial charge in [-0.25, -0.2) is 0 Å². The van der Waals surface area contributed by atoms with Crippen molar-refractivity contribution in [3.8, 4) is 0 Å². The van der Waals surface area contributed by atoms with Gasteiger partial charge < -0.3 is 10.6 Å². The van der Waals surface area contributed by atoms with Crippen LogP contribution in [0.25, 0.3) is 5.65 Å². The standard InChI is InChI=1S/C20H29N7/c1-5-16(6-2)23-18-13-17(22-12-9-15-7-10-21-11-8-15)20-25-24-19(14(3)4)27(20)26-18/h7-8,10-11,13-14,16,22H,5-6,9,12H2,1-4H3,(H,23,26). The lowest BCUT2D eigenvalue weighted by Gasteiger charge is -2.17. The first-order valence-electron chi connectivity index (χ1n) is 9.78. The van der Waals surface area contributed by atoms with Gasteiger partial charge in [0.2, 0.25) is 5.65 Å². The summed E-state index contributed by atoms with van der Waals surface area (Å²) in [6, 6.07) is 6.52. The van der Waals surface area contributed by atoms with Crippen LogP contribution in [0.3, 0.4) is 0 Å². The number of hydrogen-bond donors (Lipinski definition) is 2. The maximum Gasteiger partial charge on any atom is 0.201 e. The summed E-state index contributed by atoms with van der Waals surface area (Å²) in [6.45, 7) is 9.39. The molecule has 0 saturated heterocycles. The number of aromatic nitrogens is 5. The Bertz CT molecular complexity index is 853. The molecule has 0 fully saturated rings. The quantitative estimate of drug-likeness (QED) is 0.597. The molecule has 0 aliphatic rings. The third kappa shape index (κ3) is 4.53. The van der Waals surface area contributed by atoms with Gasteiger partial charge in [0.1, 0.15) is 5.82 Å². The lowest BCUT2D eigenvalue weighted by molar-refractivity contribution is 0.661. The average Bonchev–Trinajstić information content (AvgIpc) is 3.11. The predicted molar refractivity (Wildman–Crippen MR) is 109 cm³/mol. The molecule has 7 nitrogen and oxygen atoms in total. The first-order valence-corrected chi connectivity index (χ1v) is 9.78. The molecule has 0 aliphatic carbocycles. The molecular formula is C20H29N7. The highest BCUT2D eigenvalue weighted by atomic mass is 15.4. The van der Waals surface area contributed by atoms with Crippen molar-refractivity contribution < 1.29 is 0 Å². The Morgan fingerprint density at radius 1 is 1.07 bits per heavy atom. The van der Waals surface area contributed by atoms with Gasteiger partial charge in [-0.05, 0) is 37.0 Å². The first-order chi connectivity index (χ1) is 13.1. The van der Waals surface area contributed by atoms with E-state index in [0.29, 0.717) is 6.04 Å². The van der Waals surface area contributed by atoms with Crippen molar-refractivity contribution in [2.24, 2.45) is 0 Å². The highest BCUT2D eigenvalue weighted by Crippen LogP contribution is 2.23. The molecule has 2 N–H and O–H groups in total. The summed E-state index contributed by atoms with van der Waals surface area (Å²) >= 11 is 0. The van der Waals surface area contributed by atoms with Crippen molar-refractivity contribution in [3.63, 3.8) is 0 Å². The minimum atomic E-state index is 0.251. The van der Waals surface area contributed by atoms with Gasteiger partial charge >= 0.3 is 0 Å². The molecule has 3 aromatic heterocycles. The second-order valence-electron chi connectivity index (χ2n) is 7.08. The first kappa shape index (κ1) is 19.1. The van der Waals surface area contributed by atoms with Gasteiger partial charge in [0.15, 0.2) is 5.82 Å². The molecule has 0 bridgehead atoms. The molecule has 3 aromatic rings. The van der Waals surface area contributed by atoms with Gasteiger partial charge in [-0.3, -0.25) is 4.98 Å². The van der Waals surface area contributed by atoms with Crippen LogP contribution in [-0.4, -0.2) is 37.4 Å². The second kappa shape index (κ2) is 8.79. The maximum absolute atomic E-state index is 4.75. The Hall–Kier alpha value is -2.70. The Balaban J connectivity index is 1.87. The fourth-order valence-electron chi connectivity index (χ4n) is 3.05. The molecule has 3 rings (SSSR count). The molecule has 0 atom stereocenters. The van der Waals surface area contributed by atoms with E-state index in [9.17, 15) is 0 Å². The number of fused-ring (bicyclic) bond motifs is 1. The molecule has 0 spiro atoms. The van der Waals surface area contributed by atoms with Crippen molar-refractivity contribution in [3.05, 3.63) is 42.0 Å². The van der Waals surface area contributed by atoms with Crippen LogP contribution >= 0.6 is 0 Å². The lowest BCUT2D eigenvalue weighted by atomic mass is 10.2. The fourth-order valence-corrected chi connectivity index (χ4v) is 3.05. The Labute approximate surface area is 160 Å². The van der Waals surface area contributed by atoms with Crippen LogP contribution in [0, 0.1) is 0 Å². The van der Waals surface area contributed by atoms with Crippen molar-refractivity contribution >= 4 is 17.2 Å². The second-order valence-corrected chi connectivity index (χ2v) is 7.08. The van der Waals surface area contributed by atoms with Gasteiger partial charge in [-0.2, -0.15) is 4.52 Å². The molecule has 0 aromatic carbocycles. The number of rotatable bonds is 9. The number of anilines is 2. The zero-order valence-corrected chi connectivity index (χ0v) is 16.6. The topological polar surface area (TPSA) is 80.0 Å². The van der Waals surface area contributed by atoms with E-state index < -0.39 is 0 Å². The lowest BCUT2D eigenvalue weighted by Crippen LogP contribution is -2.19. The minimum Gasteiger partial charge on any atom is -0.381 e. The summed E-state index contributed by atoms with van der Waals surface area (Å²) in [5.74, 6) is 1.97. The van der Waals surface area contributed by atoms with Crippen molar-refractivity contribution in [2.75, 3.05) is 17.2 Å². The van der Waals surface area contributed by atoms with Gasteiger partial charge in [0.25, 0.3) is 0 Å². The number of nitrogens with zero attached hydrogens (tertiary/aromatic N) is 5. The van der Waals surface area contributed by atoms with E-state index in [0.717, 1.165) is 48.8 Å². The zero-order chi connectivity index (χ0) is 19.2. The fraction of sp³-hybridized carbons (Fsp3) is 0.500. The van der Waals surface area contributed by atoms with E-state index in [1.807, 2.05) is 35.1 Å². The normalized spacial score (nSPS) is 11.5. The number of pyridine rings is 1. The highest BCUT2D eigenvalue weighted by molar-refractivity contribution is 5.70. The third-order valence-electron chi connectivity index (χ3n) is 4.73. The van der Waals surface area contributed by atoms with E-state index >= 15 is 0 Å². The monoisotopic (exact) mass is 367 g/mol. The van der Waals surface area contributed by atoms with Crippen LogP contribution in [0.4, 0.5) is 11.5 Å². The zero-order valence-electron chi connectivity index (χ0n) is 16.6. The van der Waals surface area contributed by atoms with Gasteiger partial charge in [0, 0.05) is 37.0 Å². The third-order valence-corrected chi connectivity index (χ3v) is 4.73. The molecule has 0 amide bonds. The smallest absolute Gasteiger partial charge is 0.201 e. The largest absolute Gasteiger partial charge is 0.381 e. The highest BCUT2D eigenvalue weighted by Gasteiger charge is 2.16. The van der Waals surface area contributed by atoms with Crippen LogP contribution < -0.4 is 10.6 Å². The Morgan fingerprint density at radius 3 is 2.48 bits per heavy atom. The molecule has 7 heteroatoms. The van der Waals surface area contributed by atoms with Crippen molar-refractivity contribution in [1.82, 2.24) is 24.8 Å². The summed E-state index contributed by atoms with van der Waals surface area (Å²) in [5.41, 5.74) is 2.97. The molecule has 0 aliphatic heterocycles. The number of hydrogen-bond acceptors (Lipinski definition) is 6. The van der Waals surface area contributed by atoms with E-state index in [-0.39, 0.29) is 5.92 Å². The maximum atomic E-state index is 4.75. The molecule has 3 heterocycles. The molecule has 27 heavy (non-hydrogen) atoms. The van der Waals surface area contributed by atoms with E-state index in [1.165, 1.54) is 5.56 Å². The van der Waals surface area contributed by atoms with Crippen LogP contribution in [0.1, 0.15) is 57.8 Å². The van der Waals surface area contributed by atoms with Crippen LogP contribution in [0.5, 0.6) is 0 Å². The molecule has 0 radical (unpaired) electrons. The molecular weight excluding hydrogens is 338 g/mol. The summed E-state index contributed by atoms with van der Waals surface area (Å²) in [7, 11) is 0. The Kier molecular flexibility index (Phi) is 6.21. The summed E-state index contributed by atoms with van der Waals surface area (Å²) in [6.07, 6.45) is 6.67. The van der Waals surface area contributed by atoms with Gasteiger partial charge in [-0.1, -0.05) is 27.7 Å². The van der Waals surface area contributed by atoms with E-state index in [2.05, 4.69) is 53.5 Å². The van der Waals surface area contributed by atoms with Crippen LogP contribution in [0.15, 0.2) is 30.6 Å². The Morgan fingerprint density at radius 2 is 1.81 bits per heavy atom. The van der Waals surface area contributed by atoms with E-state index in [4.69, 9.17) is 5.10 Å².